The van der Waals surface area contributed by atoms with Crippen molar-refractivity contribution in [1.29, 1.82) is 0 Å². The van der Waals surface area contributed by atoms with Crippen molar-refractivity contribution < 1.29 is 9.53 Å². The van der Waals surface area contributed by atoms with Crippen molar-refractivity contribution in [3.05, 3.63) is 12.2 Å². The summed E-state index contributed by atoms with van der Waals surface area (Å²) >= 11 is 0. The molecule has 2 nitrogen and oxygen atoms in total. The second-order valence-electron chi connectivity index (χ2n) is 5.35. The van der Waals surface area contributed by atoms with Crippen LogP contribution in [0.1, 0.15) is 34.1 Å². The molecule has 3 aliphatic carbocycles. The maximum atomic E-state index is 11.0. The summed E-state index contributed by atoms with van der Waals surface area (Å²) in [4.78, 5) is 11.0. The van der Waals surface area contributed by atoms with E-state index in [1.807, 2.05) is 6.92 Å². The number of carbonyl (C=O) groups excluding carboxylic acids is 1. The van der Waals surface area contributed by atoms with Crippen molar-refractivity contribution in [2.24, 2.45) is 17.3 Å². The Kier molecular flexibility index (Phi) is 1.82. The lowest BCUT2D eigenvalue weighted by Crippen LogP contribution is -2.58. The second-order valence-corrected chi connectivity index (χ2v) is 5.35. The van der Waals surface area contributed by atoms with E-state index in [1.165, 1.54) is 6.92 Å². The summed E-state index contributed by atoms with van der Waals surface area (Å²) in [5.74, 6) is 0.975. The molecule has 1 unspecified atom stereocenters. The van der Waals surface area contributed by atoms with E-state index >= 15 is 0 Å². The van der Waals surface area contributed by atoms with Gasteiger partial charge >= 0.3 is 5.97 Å². The Morgan fingerprint density at radius 3 is 2.50 bits per heavy atom. The lowest BCUT2D eigenvalue weighted by Gasteiger charge is -2.60. The van der Waals surface area contributed by atoms with Crippen molar-refractivity contribution >= 4 is 5.97 Å². The van der Waals surface area contributed by atoms with E-state index in [2.05, 4.69) is 26.0 Å². The van der Waals surface area contributed by atoms with Crippen LogP contribution in [0.25, 0.3) is 0 Å². The van der Waals surface area contributed by atoms with E-state index in [1.54, 1.807) is 0 Å². The van der Waals surface area contributed by atoms with Gasteiger partial charge in [0.1, 0.15) is 5.60 Å². The highest BCUT2D eigenvalue weighted by Crippen LogP contribution is 2.60. The number of fused-ring (bicyclic) bond motifs is 1. The van der Waals surface area contributed by atoms with Crippen LogP contribution in [0.4, 0.5) is 0 Å². The lowest BCUT2D eigenvalue weighted by molar-refractivity contribution is -0.178. The largest absolute Gasteiger partial charge is 0.455 e. The minimum Gasteiger partial charge on any atom is -0.455 e. The third kappa shape index (κ3) is 1.13. The highest BCUT2D eigenvalue weighted by Gasteiger charge is 2.58. The average molecular weight is 194 g/mol. The summed E-state index contributed by atoms with van der Waals surface area (Å²) in [5.41, 5.74) is -0.0803. The highest BCUT2D eigenvalue weighted by atomic mass is 16.6. The molecule has 2 heteroatoms. The Bertz CT molecular complexity index is 303. The lowest BCUT2D eigenvalue weighted by atomic mass is 9.47. The zero-order valence-electron chi connectivity index (χ0n) is 9.33. The number of hydrogen-bond acceptors (Lipinski definition) is 2. The molecule has 1 fully saturated rings. The second kappa shape index (κ2) is 2.62. The number of rotatable bonds is 1. The summed E-state index contributed by atoms with van der Waals surface area (Å²) in [6.07, 6.45) is 5.44. The van der Waals surface area contributed by atoms with Crippen LogP contribution in [-0.2, 0) is 9.53 Å². The molecule has 0 heterocycles. The van der Waals surface area contributed by atoms with Gasteiger partial charge in [-0.3, -0.25) is 4.79 Å². The molecule has 2 bridgehead atoms. The third-order valence-corrected chi connectivity index (χ3v) is 4.06. The minimum absolute atomic E-state index is 0.182. The van der Waals surface area contributed by atoms with Gasteiger partial charge in [0.05, 0.1) is 0 Å². The Labute approximate surface area is 85.3 Å². The van der Waals surface area contributed by atoms with Gasteiger partial charge in [-0.1, -0.05) is 19.9 Å². The number of hydrogen-bond donors (Lipinski definition) is 0. The van der Waals surface area contributed by atoms with Crippen molar-refractivity contribution in [1.82, 2.24) is 0 Å². The van der Waals surface area contributed by atoms with E-state index in [0.717, 1.165) is 6.42 Å². The summed E-state index contributed by atoms with van der Waals surface area (Å²) < 4.78 is 5.44. The number of carbonyl (C=O) groups is 1. The molecule has 0 aromatic rings. The third-order valence-electron chi connectivity index (χ3n) is 4.06. The summed E-state index contributed by atoms with van der Waals surface area (Å²) in [7, 11) is 0. The van der Waals surface area contributed by atoms with Crippen LogP contribution in [0.2, 0.25) is 0 Å². The molecule has 0 saturated heterocycles. The van der Waals surface area contributed by atoms with Crippen molar-refractivity contribution in [2.75, 3.05) is 0 Å². The Morgan fingerprint density at radius 1 is 1.43 bits per heavy atom. The van der Waals surface area contributed by atoms with Crippen LogP contribution < -0.4 is 0 Å². The molecule has 14 heavy (non-hydrogen) atoms. The van der Waals surface area contributed by atoms with Gasteiger partial charge in [0, 0.05) is 12.8 Å². The molecule has 3 aliphatic rings. The molecule has 0 aliphatic heterocycles. The number of allylic oxidation sites excluding steroid dienone is 1. The van der Waals surface area contributed by atoms with E-state index in [-0.39, 0.29) is 11.6 Å². The Hall–Kier alpha value is -0.790. The zero-order chi connectivity index (χ0) is 10.6. The monoisotopic (exact) mass is 194 g/mol. The van der Waals surface area contributed by atoms with Gasteiger partial charge in [-0.25, -0.2) is 0 Å². The van der Waals surface area contributed by atoms with E-state index in [0.29, 0.717) is 17.3 Å². The minimum atomic E-state index is -0.371. The standard InChI is InChI=1S/C12H18O2/c1-8(13)14-12(4)6-5-9-7-10(12)11(9,2)3/h5-6,9-10H,7H2,1-4H3/t9-,10+,12?/m0/s1. The molecule has 0 radical (unpaired) electrons. The molecule has 0 spiro atoms. The molecule has 3 atom stereocenters. The van der Waals surface area contributed by atoms with E-state index in [9.17, 15) is 4.79 Å². The summed E-state index contributed by atoms with van der Waals surface area (Å²) in [6, 6.07) is 0. The van der Waals surface area contributed by atoms with Gasteiger partial charge in [-0.2, -0.15) is 0 Å². The quantitative estimate of drug-likeness (QED) is 0.473. The van der Waals surface area contributed by atoms with Gasteiger partial charge in [-0.15, -0.1) is 0 Å². The first-order valence-corrected chi connectivity index (χ1v) is 5.25. The molecule has 78 valence electrons. The smallest absolute Gasteiger partial charge is 0.303 e. The molecule has 0 aromatic carbocycles. The molecule has 3 rings (SSSR count). The van der Waals surface area contributed by atoms with Gasteiger partial charge in [0.25, 0.3) is 0 Å². The van der Waals surface area contributed by atoms with Crippen LogP contribution in [-0.4, -0.2) is 11.6 Å². The Morgan fingerprint density at radius 2 is 2.07 bits per heavy atom. The first-order valence-electron chi connectivity index (χ1n) is 5.25. The normalized spacial score (nSPS) is 42.9. The van der Waals surface area contributed by atoms with Crippen LogP contribution >= 0.6 is 0 Å². The van der Waals surface area contributed by atoms with Crippen molar-refractivity contribution in [3.63, 3.8) is 0 Å². The van der Waals surface area contributed by atoms with Gasteiger partial charge in [0.15, 0.2) is 0 Å². The SMILES string of the molecule is CC(=O)OC1(C)C=C[C@H]2C[C@@H]1C2(C)C. The summed E-state index contributed by atoms with van der Waals surface area (Å²) in [6.45, 7) is 8.03. The van der Waals surface area contributed by atoms with Gasteiger partial charge < -0.3 is 4.74 Å². The van der Waals surface area contributed by atoms with Crippen molar-refractivity contribution in [3.8, 4) is 0 Å². The van der Waals surface area contributed by atoms with Crippen LogP contribution in [0, 0.1) is 17.3 Å². The Balaban J connectivity index is 2.26. The molecular formula is C12H18O2. The fraction of sp³-hybridized carbons (Fsp3) is 0.750. The van der Waals surface area contributed by atoms with Crippen LogP contribution in [0.3, 0.4) is 0 Å². The summed E-state index contributed by atoms with van der Waals surface area (Å²) in [5, 5.41) is 0. The predicted molar refractivity (Wildman–Crippen MR) is 54.7 cm³/mol. The maximum absolute atomic E-state index is 11.0. The van der Waals surface area contributed by atoms with Crippen LogP contribution in [0.15, 0.2) is 12.2 Å². The van der Waals surface area contributed by atoms with Crippen molar-refractivity contribution in [2.45, 2.75) is 39.7 Å². The molecule has 0 amide bonds. The topological polar surface area (TPSA) is 26.3 Å². The zero-order valence-corrected chi connectivity index (χ0v) is 9.33. The van der Waals surface area contributed by atoms with E-state index < -0.39 is 0 Å². The molecule has 0 aromatic heterocycles. The van der Waals surface area contributed by atoms with Crippen LogP contribution in [0.5, 0.6) is 0 Å². The molecular weight excluding hydrogens is 176 g/mol. The van der Waals surface area contributed by atoms with Gasteiger partial charge in [0.2, 0.25) is 0 Å². The predicted octanol–water partition coefficient (Wildman–Crippen LogP) is 2.54. The highest BCUT2D eigenvalue weighted by molar-refractivity contribution is 5.67. The number of esters is 1. The molecule has 0 N–H and O–H groups in total. The molecule has 1 saturated carbocycles. The average Bonchev–Trinajstić information content (AvgIpc) is 2.00. The fourth-order valence-electron chi connectivity index (χ4n) is 3.10. The fourth-order valence-corrected chi connectivity index (χ4v) is 3.10. The maximum Gasteiger partial charge on any atom is 0.303 e. The van der Waals surface area contributed by atoms with Gasteiger partial charge in [-0.05, 0) is 30.8 Å². The first-order chi connectivity index (χ1) is 6.36. The van der Waals surface area contributed by atoms with E-state index in [4.69, 9.17) is 4.74 Å². The first kappa shape index (κ1) is 9.75. The number of ether oxygens (including phenoxy) is 1.